The Bertz CT molecular complexity index is 648. The summed E-state index contributed by atoms with van der Waals surface area (Å²) in [5, 5.41) is 11.5. The van der Waals surface area contributed by atoms with Crippen LogP contribution in [-0.2, 0) is 4.79 Å². The number of amides is 1. The lowest BCUT2D eigenvalue weighted by molar-refractivity contribution is -0.113. The smallest absolute Gasteiger partial charge is 0.277 e. The van der Waals surface area contributed by atoms with Crippen molar-refractivity contribution in [1.29, 1.82) is 0 Å². The Morgan fingerprint density at radius 2 is 1.96 bits per heavy atom. The third-order valence-corrected chi connectivity index (χ3v) is 4.86. The van der Waals surface area contributed by atoms with Crippen molar-refractivity contribution in [3.8, 4) is 0 Å². The van der Waals surface area contributed by atoms with Crippen LogP contribution in [0.4, 0.5) is 5.69 Å². The standard InChI is InChI=1S/C17H21N3O2S/c1-12-7-9-14(10-8-12)18-15(21)11-23-17-20-19-16(22-17)13-5-3-2-4-6-13/h7-10,13H,2-6,11H2,1H3,(H,18,21). The average Bonchev–Trinajstić information content (AvgIpc) is 3.05. The molecule has 1 aliphatic rings. The second kappa shape index (κ2) is 7.64. The van der Waals surface area contributed by atoms with Gasteiger partial charge in [-0.15, -0.1) is 10.2 Å². The zero-order valence-corrected chi connectivity index (χ0v) is 14.1. The van der Waals surface area contributed by atoms with Crippen molar-refractivity contribution in [1.82, 2.24) is 10.2 Å². The van der Waals surface area contributed by atoms with Gasteiger partial charge in [0.05, 0.1) is 5.75 Å². The third kappa shape index (κ3) is 4.58. The van der Waals surface area contributed by atoms with Gasteiger partial charge in [-0.05, 0) is 31.9 Å². The minimum atomic E-state index is -0.0729. The maximum Gasteiger partial charge on any atom is 0.277 e. The van der Waals surface area contributed by atoms with Crippen molar-refractivity contribution in [2.24, 2.45) is 0 Å². The van der Waals surface area contributed by atoms with E-state index in [0.29, 0.717) is 11.1 Å². The first kappa shape index (κ1) is 16.1. The maximum atomic E-state index is 12.0. The number of carbonyl (C=O) groups excluding carboxylic acids is 1. The Labute approximate surface area is 140 Å². The SMILES string of the molecule is Cc1ccc(NC(=O)CSc2nnc(C3CCCCC3)o2)cc1. The normalized spacial score (nSPS) is 15.5. The number of aryl methyl sites for hydroxylation is 1. The highest BCUT2D eigenvalue weighted by Gasteiger charge is 2.21. The van der Waals surface area contributed by atoms with Gasteiger partial charge in [0.25, 0.3) is 5.22 Å². The van der Waals surface area contributed by atoms with Gasteiger partial charge in [-0.3, -0.25) is 4.79 Å². The number of nitrogens with zero attached hydrogens (tertiary/aromatic N) is 2. The van der Waals surface area contributed by atoms with Crippen LogP contribution in [0.15, 0.2) is 33.9 Å². The van der Waals surface area contributed by atoms with E-state index in [1.165, 1.54) is 36.6 Å². The van der Waals surface area contributed by atoms with E-state index in [2.05, 4.69) is 15.5 Å². The van der Waals surface area contributed by atoms with Crippen LogP contribution >= 0.6 is 11.8 Å². The highest BCUT2D eigenvalue weighted by molar-refractivity contribution is 7.99. The number of benzene rings is 1. The van der Waals surface area contributed by atoms with Crippen molar-refractivity contribution < 1.29 is 9.21 Å². The summed E-state index contributed by atoms with van der Waals surface area (Å²) in [6.07, 6.45) is 6.01. The first-order valence-corrected chi connectivity index (χ1v) is 9.02. The number of nitrogens with one attached hydrogen (secondary N) is 1. The lowest BCUT2D eigenvalue weighted by atomic mass is 9.89. The topological polar surface area (TPSA) is 68.0 Å². The number of thioether (sulfide) groups is 1. The lowest BCUT2D eigenvalue weighted by Gasteiger charge is -2.17. The van der Waals surface area contributed by atoms with Gasteiger partial charge < -0.3 is 9.73 Å². The quantitative estimate of drug-likeness (QED) is 0.833. The van der Waals surface area contributed by atoms with Gasteiger partial charge in [-0.2, -0.15) is 0 Å². The molecular formula is C17H21N3O2S. The summed E-state index contributed by atoms with van der Waals surface area (Å²) in [7, 11) is 0. The maximum absolute atomic E-state index is 12.0. The molecule has 0 bridgehead atoms. The van der Waals surface area contributed by atoms with Crippen molar-refractivity contribution in [2.45, 2.75) is 50.2 Å². The van der Waals surface area contributed by atoms with E-state index in [4.69, 9.17) is 4.42 Å². The molecule has 2 aromatic rings. The summed E-state index contributed by atoms with van der Waals surface area (Å²) >= 11 is 1.28. The molecule has 5 nitrogen and oxygen atoms in total. The van der Waals surface area contributed by atoms with Crippen LogP contribution < -0.4 is 5.32 Å². The fourth-order valence-electron chi connectivity index (χ4n) is 2.75. The van der Waals surface area contributed by atoms with Crippen molar-refractivity contribution in [3.63, 3.8) is 0 Å². The van der Waals surface area contributed by atoms with Gasteiger partial charge in [-0.25, -0.2) is 0 Å². The van der Waals surface area contributed by atoms with Gasteiger partial charge in [0, 0.05) is 11.6 Å². The first-order chi connectivity index (χ1) is 11.2. The van der Waals surface area contributed by atoms with E-state index < -0.39 is 0 Å². The van der Waals surface area contributed by atoms with E-state index in [1.807, 2.05) is 31.2 Å². The summed E-state index contributed by atoms with van der Waals surface area (Å²) in [4.78, 5) is 12.0. The van der Waals surface area contributed by atoms with Gasteiger partial charge in [-0.1, -0.05) is 48.7 Å². The Morgan fingerprint density at radius 3 is 2.70 bits per heavy atom. The summed E-state index contributed by atoms with van der Waals surface area (Å²) < 4.78 is 5.70. The van der Waals surface area contributed by atoms with Crippen molar-refractivity contribution in [3.05, 3.63) is 35.7 Å². The summed E-state index contributed by atoms with van der Waals surface area (Å²) in [5.74, 6) is 1.31. The van der Waals surface area contributed by atoms with Crippen LogP contribution in [-0.4, -0.2) is 21.9 Å². The molecule has 122 valence electrons. The van der Waals surface area contributed by atoms with Crippen LogP contribution in [0.3, 0.4) is 0 Å². The number of carbonyl (C=O) groups is 1. The van der Waals surface area contributed by atoms with Gasteiger partial charge in [0.15, 0.2) is 0 Å². The second-order valence-electron chi connectivity index (χ2n) is 5.94. The highest BCUT2D eigenvalue weighted by Crippen LogP contribution is 2.32. The van der Waals surface area contributed by atoms with Crippen LogP contribution in [0.5, 0.6) is 0 Å². The predicted molar refractivity (Wildman–Crippen MR) is 90.7 cm³/mol. The number of hydrogen-bond donors (Lipinski definition) is 1. The molecule has 1 heterocycles. The predicted octanol–water partition coefficient (Wildman–Crippen LogP) is 4.16. The van der Waals surface area contributed by atoms with Gasteiger partial charge >= 0.3 is 0 Å². The molecule has 0 spiro atoms. The minimum absolute atomic E-state index is 0.0729. The summed E-state index contributed by atoms with van der Waals surface area (Å²) in [6, 6.07) is 7.73. The molecule has 1 amide bonds. The zero-order chi connectivity index (χ0) is 16.1. The van der Waals surface area contributed by atoms with Crippen LogP contribution in [0, 0.1) is 6.92 Å². The highest BCUT2D eigenvalue weighted by atomic mass is 32.2. The minimum Gasteiger partial charge on any atom is -0.416 e. The molecule has 0 atom stereocenters. The van der Waals surface area contributed by atoms with Gasteiger partial charge in [0.2, 0.25) is 11.8 Å². The Balaban J connectivity index is 1.49. The average molecular weight is 331 g/mol. The third-order valence-electron chi connectivity index (χ3n) is 4.04. The molecule has 0 aliphatic heterocycles. The summed E-state index contributed by atoms with van der Waals surface area (Å²) in [5.41, 5.74) is 1.97. The van der Waals surface area contributed by atoms with E-state index in [1.54, 1.807) is 0 Å². The molecule has 3 rings (SSSR count). The molecule has 0 saturated heterocycles. The second-order valence-corrected chi connectivity index (χ2v) is 6.87. The molecule has 0 radical (unpaired) electrons. The van der Waals surface area contributed by atoms with E-state index >= 15 is 0 Å². The number of hydrogen-bond acceptors (Lipinski definition) is 5. The number of rotatable bonds is 5. The Morgan fingerprint density at radius 1 is 1.22 bits per heavy atom. The molecular weight excluding hydrogens is 310 g/mol. The van der Waals surface area contributed by atoms with Crippen molar-refractivity contribution in [2.75, 3.05) is 11.1 Å². The Kier molecular flexibility index (Phi) is 5.33. The molecule has 1 aromatic carbocycles. The fraction of sp³-hybridized carbons (Fsp3) is 0.471. The molecule has 1 fully saturated rings. The molecule has 0 unspecified atom stereocenters. The molecule has 1 N–H and O–H groups in total. The molecule has 1 aliphatic carbocycles. The molecule has 1 aromatic heterocycles. The monoisotopic (exact) mass is 331 g/mol. The van der Waals surface area contributed by atoms with E-state index in [-0.39, 0.29) is 11.7 Å². The number of aromatic nitrogens is 2. The van der Waals surface area contributed by atoms with E-state index in [9.17, 15) is 4.79 Å². The Hall–Kier alpha value is -1.82. The zero-order valence-electron chi connectivity index (χ0n) is 13.2. The number of anilines is 1. The van der Waals surface area contributed by atoms with Crippen LogP contribution in [0.2, 0.25) is 0 Å². The van der Waals surface area contributed by atoms with Crippen LogP contribution in [0.1, 0.15) is 49.5 Å². The van der Waals surface area contributed by atoms with Crippen LogP contribution in [0.25, 0.3) is 0 Å². The first-order valence-electron chi connectivity index (χ1n) is 8.03. The van der Waals surface area contributed by atoms with E-state index in [0.717, 1.165) is 24.4 Å². The molecule has 6 heteroatoms. The molecule has 23 heavy (non-hydrogen) atoms. The summed E-state index contributed by atoms with van der Waals surface area (Å²) in [6.45, 7) is 2.01. The van der Waals surface area contributed by atoms with Crippen molar-refractivity contribution >= 4 is 23.4 Å². The molecule has 1 saturated carbocycles. The largest absolute Gasteiger partial charge is 0.416 e. The fourth-order valence-corrected chi connectivity index (χ4v) is 3.32. The van der Waals surface area contributed by atoms with Gasteiger partial charge in [0.1, 0.15) is 0 Å². The lowest BCUT2D eigenvalue weighted by Crippen LogP contribution is -2.13.